The zero-order valence-corrected chi connectivity index (χ0v) is 44.1. The minimum atomic E-state index is -1.98. The molecule has 0 bridgehead atoms. The molecular formula is C51H83N5O15. The van der Waals surface area contributed by atoms with E-state index in [1.807, 2.05) is 38.1 Å². The number of benzene rings is 1. The molecular weight excluding hydrogens is 923 g/mol. The van der Waals surface area contributed by atoms with Gasteiger partial charge in [0.2, 0.25) is 5.91 Å². The lowest BCUT2D eigenvalue weighted by molar-refractivity contribution is -0.303. The summed E-state index contributed by atoms with van der Waals surface area (Å²) < 4.78 is 52.0. The third-order valence-corrected chi connectivity index (χ3v) is 15.2. The number of ketones is 1. The van der Waals surface area contributed by atoms with E-state index in [0.717, 1.165) is 5.69 Å². The summed E-state index contributed by atoms with van der Waals surface area (Å²) in [5.41, 5.74) is -2.81. The number of likely N-dealkylation sites (N-methyl/N-ethyl adjacent to an activating group) is 1. The topological polar surface area (TPSA) is 252 Å². The van der Waals surface area contributed by atoms with Gasteiger partial charge in [0.15, 0.2) is 6.29 Å². The first-order valence-electron chi connectivity index (χ1n) is 25.2. The van der Waals surface area contributed by atoms with Crippen LogP contribution in [0.15, 0.2) is 30.5 Å². The highest BCUT2D eigenvalue weighted by Crippen LogP contribution is 2.40. The number of amides is 1. The third kappa shape index (κ3) is 14.3. The van der Waals surface area contributed by atoms with Gasteiger partial charge in [-0.15, -0.1) is 5.10 Å². The molecule has 1 aromatic heterocycles. The number of nitrogens with zero attached hydrogens (tertiary/aromatic N) is 4. The van der Waals surface area contributed by atoms with E-state index in [2.05, 4.69) is 15.6 Å². The Morgan fingerprint density at radius 3 is 2.37 bits per heavy atom. The molecule has 402 valence electrons. The molecule has 0 unspecified atom stereocenters. The van der Waals surface area contributed by atoms with Gasteiger partial charge in [0, 0.05) is 82.8 Å². The van der Waals surface area contributed by atoms with E-state index in [9.17, 15) is 34.8 Å². The molecule has 4 heterocycles. The summed E-state index contributed by atoms with van der Waals surface area (Å²) in [7, 11) is 4.95. The number of ether oxygens (including phenoxy) is 8. The zero-order valence-electron chi connectivity index (χ0n) is 44.1. The summed E-state index contributed by atoms with van der Waals surface area (Å²) in [6, 6.07) is 6.72. The minimum absolute atomic E-state index is 0.0216. The molecule has 3 aliphatic heterocycles. The summed E-state index contributed by atoms with van der Waals surface area (Å²) in [6.07, 6.45) is -6.22. The smallest absolute Gasteiger partial charge is 0.311 e. The monoisotopic (exact) mass is 1010 g/mol. The Hall–Kier alpha value is -3.67. The van der Waals surface area contributed by atoms with Crippen molar-refractivity contribution >= 4 is 23.3 Å². The largest absolute Gasteiger partial charge is 0.492 e. The molecule has 20 heteroatoms. The number of aromatic nitrogens is 3. The van der Waals surface area contributed by atoms with Gasteiger partial charge >= 0.3 is 5.97 Å². The lowest BCUT2D eigenvalue weighted by Gasteiger charge is -2.48. The second kappa shape index (κ2) is 25.0. The molecule has 71 heavy (non-hydrogen) atoms. The molecule has 1 amide bonds. The van der Waals surface area contributed by atoms with Gasteiger partial charge in [-0.3, -0.25) is 14.4 Å². The Bertz CT molecular complexity index is 2040. The number of cyclic esters (lactones) is 1. The van der Waals surface area contributed by atoms with Crippen molar-refractivity contribution in [2.24, 2.45) is 17.8 Å². The van der Waals surface area contributed by atoms with Crippen molar-refractivity contribution in [3.8, 4) is 5.75 Å². The van der Waals surface area contributed by atoms with E-state index in [1.165, 1.54) is 35.0 Å². The highest BCUT2D eigenvalue weighted by Gasteiger charge is 2.52. The van der Waals surface area contributed by atoms with Crippen molar-refractivity contribution in [1.29, 1.82) is 0 Å². The van der Waals surface area contributed by atoms with Crippen LogP contribution in [0, 0.1) is 17.8 Å². The Balaban J connectivity index is 1.38. The molecule has 1 aromatic carbocycles. The van der Waals surface area contributed by atoms with E-state index >= 15 is 0 Å². The number of rotatable bonds is 17. The Kier molecular flexibility index (Phi) is 20.5. The number of carbonyl (C=O) groups is 3. The number of hydrogen-bond acceptors (Lipinski definition) is 18. The van der Waals surface area contributed by atoms with E-state index in [4.69, 9.17) is 37.9 Å². The second-order valence-electron chi connectivity index (χ2n) is 20.8. The fourth-order valence-electron chi connectivity index (χ4n) is 10.5. The van der Waals surface area contributed by atoms with Crippen molar-refractivity contribution in [2.75, 3.05) is 46.3 Å². The SMILES string of the molecule is CC[C@H]1OC(=O)[C@H](C)[C@@H](OC[C@H]2C[C@@](C)(OC)[C@@H](O)[C@H](C)O2)[C@H](C)[C@@H](O[C@@H]2O[C@H](C)C[C@H](N(C)CCc3cn(CCOc4cccc(NC(C)=O)c4)nn3)[C@H]2O)[C@](C)(OC)CCC(=O)[C@H](C)[C@@H](O)[C@]1(C)O. The number of anilines is 1. The highest BCUT2D eigenvalue weighted by molar-refractivity contribution is 5.88. The van der Waals surface area contributed by atoms with Gasteiger partial charge in [-0.2, -0.15) is 0 Å². The first-order valence-corrected chi connectivity index (χ1v) is 25.2. The van der Waals surface area contributed by atoms with Crippen LogP contribution in [-0.4, -0.2) is 183 Å². The number of Topliss-reactive ketones (excluding diaryl/α,β-unsaturated/α-hetero) is 1. The molecule has 5 rings (SSSR count). The molecule has 20 nitrogen and oxygen atoms in total. The average molecular weight is 1010 g/mol. The first kappa shape index (κ1) is 58.2. The van der Waals surface area contributed by atoms with Gasteiger partial charge in [-0.1, -0.05) is 32.1 Å². The van der Waals surface area contributed by atoms with Gasteiger partial charge in [-0.25, -0.2) is 4.68 Å². The molecule has 5 N–H and O–H groups in total. The van der Waals surface area contributed by atoms with E-state index in [0.29, 0.717) is 44.0 Å². The molecule has 0 radical (unpaired) electrons. The number of carbonyl (C=O) groups excluding carboxylic acids is 3. The van der Waals surface area contributed by atoms with Gasteiger partial charge < -0.3 is 68.5 Å². The van der Waals surface area contributed by atoms with Crippen molar-refractivity contribution in [3.63, 3.8) is 0 Å². The van der Waals surface area contributed by atoms with E-state index < -0.39 is 102 Å². The molecule has 2 aromatic rings. The van der Waals surface area contributed by atoms with Crippen LogP contribution in [0.2, 0.25) is 0 Å². The number of esters is 1. The van der Waals surface area contributed by atoms with Crippen LogP contribution in [0.4, 0.5) is 5.69 Å². The van der Waals surface area contributed by atoms with Crippen LogP contribution in [0.5, 0.6) is 5.75 Å². The van der Waals surface area contributed by atoms with Crippen molar-refractivity contribution in [2.45, 2.75) is 198 Å². The average Bonchev–Trinajstić information content (AvgIpc) is 3.79. The molecule has 17 atom stereocenters. The van der Waals surface area contributed by atoms with E-state index in [1.54, 1.807) is 57.5 Å². The Morgan fingerprint density at radius 2 is 1.70 bits per heavy atom. The predicted octanol–water partition coefficient (Wildman–Crippen LogP) is 3.48. The number of methoxy groups -OCH3 is 2. The molecule has 3 saturated heterocycles. The van der Waals surface area contributed by atoms with Crippen LogP contribution >= 0.6 is 0 Å². The van der Waals surface area contributed by atoms with Crippen LogP contribution < -0.4 is 10.1 Å². The molecule has 0 saturated carbocycles. The Labute approximate surface area is 419 Å². The number of aliphatic hydroxyl groups is 4. The molecule has 3 fully saturated rings. The van der Waals surface area contributed by atoms with Gasteiger partial charge in [-0.05, 0) is 80.0 Å². The summed E-state index contributed by atoms with van der Waals surface area (Å²) in [4.78, 5) is 41.8. The van der Waals surface area contributed by atoms with Crippen molar-refractivity contribution < 1.29 is 72.7 Å². The predicted molar refractivity (Wildman–Crippen MR) is 260 cm³/mol. The lowest BCUT2D eigenvalue weighted by Crippen LogP contribution is -2.60. The van der Waals surface area contributed by atoms with Gasteiger partial charge in [0.25, 0.3) is 0 Å². The maximum Gasteiger partial charge on any atom is 0.311 e. The van der Waals surface area contributed by atoms with Crippen LogP contribution in [0.1, 0.15) is 107 Å². The lowest BCUT2D eigenvalue weighted by atomic mass is 9.76. The fourth-order valence-corrected chi connectivity index (χ4v) is 10.5. The molecule has 0 aliphatic carbocycles. The summed E-state index contributed by atoms with van der Waals surface area (Å²) >= 11 is 0. The van der Waals surface area contributed by atoms with Gasteiger partial charge in [0.05, 0.1) is 72.6 Å². The van der Waals surface area contributed by atoms with Crippen LogP contribution in [0.3, 0.4) is 0 Å². The normalized spacial score (nSPS) is 37.8. The maximum absolute atomic E-state index is 14.4. The summed E-state index contributed by atoms with van der Waals surface area (Å²) in [5.74, 6) is -3.39. The fraction of sp³-hybridized carbons (Fsp3) is 0.784. The zero-order chi connectivity index (χ0) is 52.6. The summed E-state index contributed by atoms with van der Waals surface area (Å²) in [5, 5.41) is 57.7. The van der Waals surface area contributed by atoms with Crippen molar-refractivity contribution in [1.82, 2.24) is 19.9 Å². The summed E-state index contributed by atoms with van der Waals surface area (Å²) in [6.45, 7) is 18.1. The molecule has 0 spiro atoms. The number of aliphatic hydroxyl groups excluding tert-OH is 3. The molecule has 3 aliphatic rings. The Morgan fingerprint density at radius 1 is 1.00 bits per heavy atom. The van der Waals surface area contributed by atoms with Crippen LogP contribution in [0.25, 0.3) is 0 Å². The quantitative estimate of drug-likeness (QED) is 0.142. The highest BCUT2D eigenvalue weighted by atomic mass is 16.7. The second-order valence-corrected chi connectivity index (χ2v) is 20.8. The number of hydrogen-bond donors (Lipinski definition) is 5. The standard InChI is InChI=1S/C51H83N5O15/c1-14-41-51(10,63)44(60)30(3)40(58)18-20-49(8,64-12)46(31(4)43(32(5)47(62)70-41)67-28-38-26-50(9,65-13)45(61)33(6)69-38)71-48-42(59)39(24-29(2)68-48)55(11)21-19-36-27-56(54-53-36)22-23-66-37-17-15-16-35(25-37)52-34(7)57/h15-17,25,27,29-33,38-39,41-46,48,59-61,63H,14,18-24,26,28H2,1-13H3,(H,52,57)/t29-,30+,31+,32-,33+,38-,39+,41-,42-,43+,44-,45+,46-,48+,49-,50-,51-/m1/s1. The van der Waals surface area contributed by atoms with Crippen molar-refractivity contribution in [3.05, 3.63) is 36.2 Å². The van der Waals surface area contributed by atoms with Crippen LogP contribution in [-0.2, 0) is 60.5 Å². The maximum atomic E-state index is 14.4. The third-order valence-electron chi connectivity index (χ3n) is 15.2. The first-order chi connectivity index (χ1) is 33.4. The minimum Gasteiger partial charge on any atom is -0.492 e. The number of nitrogens with one attached hydrogen (secondary N) is 1. The van der Waals surface area contributed by atoms with E-state index in [-0.39, 0.29) is 50.1 Å². The van der Waals surface area contributed by atoms with Gasteiger partial charge in [0.1, 0.15) is 42.1 Å².